The van der Waals surface area contributed by atoms with Crippen molar-refractivity contribution in [3.63, 3.8) is 0 Å². The number of benzene rings is 1. The number of hydrogen-bond donors (Lipinski definition) is 1. The van der Waals surface area contributed by atoms with Crippen LogP contribution >= 0.6 is 0 Å². The molecule has 96 valence electrons. The fourth-order valence-corrected chi connectivity index (χ4v) is 2.34. The van der Waals surface area contributed by atoms with Crippen molar-refractivity contribution >= 4 is 16.6 Å². The first-order chi connectivity index (χ1) is 8.56. The third kappa shape index (κ3) is 2.04. The fourth-order valence-electron chi connectivity index (χ4n) is 2.34. The zero-order valence-corrected chi connectivity index (χ0v) is 11.0. The van der Waals surface area contributed by atoms with Crippen LogP contribution in [0.3, 0.4) is 0 Å². The van der Waals surface area contributed by atoms with Gasteiger partial charge in [0, 0.05) is 25.2 Å². The number of rotatable bonds is 3. The van der Waals surface area contributed by atoms with E-state index in [1.54, 1.807) is 6.07 Å². The maximum atomic E-state index is 13.8. The Balaban J connectivity index is 2.85. The van der Waals surface area contributed by atoms with Gasteiger partial charge >= 0.3 is 0 Å². The molecule has 1 aromatic heterocycles. The second kappa shape index (κ2) is 4.90. The lowest BCUT2D eigenvalue weighted by atomic mass is 10.0. The number of para-hydroxylation sites is 1. The van der Waals surface area contributed by atoms with Gasteiger partial charge in [0.05, 0.1) is 5.69 Å². The van der Waals surface area contributed by atoms with Gasteiger partial charge in [0.15, 0.2) is 0 Å². The summed E-state index contributed by atoms with van der Waals surface area (Å²) in [6, 6.07) is 5.06. The predicted molar refractivity (Wildman–Crippen MR) is 73.5 cm³/mol. The van der Waals surface area contributed by atoms with Crippen LogP contribution in [0.1, 0.15) is 11.3 Å². The number of anilines is 1. The molecular formula is C14H18FN3. The first-order valence-corrected chi connectivity index (χ1v) is 6.01. The van der Waals surface area contributed by atoms with E-state index in [1.165, 1.54) is 6.07 Å². The minimum Gasteiger partial charge on any atom is -0.377 e. The van der Waals surface area contributed by atoms with Crippen LogP contribution in [0.2, 0.25) is 0 Å². The Kier molecular flexibility index (Phi) is 3.48. The fraction of sp³-hybridized carbons (Fsp3) is 0.357. The van der Waals surface area contributed by atoms with Gasteiger partial charge in [0.1, 0.15) is 11.3 Å². The van der Waals surface area contributed by atoms with Crippen LogP contribution in [0.25, 0.3) is 10.9 Å². The standard InChI is InChI=1S/C14H18FN3/c1-9-10(7-8-16)14(18(2)3)11-5-4-6-12(15)13(11)17-9/h4-6H,7-8,16H2,1-3H3. The maximum absolute atomic E-state index is 13.8. The number of nitrogens with zero attached hydrogens (tertiary/aromatic N) is 2. The van der Waals surface area contributed by atoms with Crippen LogP contribution in [0, 0.1) is 12.7 Å². The number of aromatic nitrogens is 1. The Morgan fingerprint density at radius 2 is 2.06 bits per heavy atom. The lowest BCUT2D eigenvalue weighted by Gasteiger charge is -2.21. The number of fused-ring (bicyclic) bond motifs is 1. The zero-order valence-electron chi connectivity index (χ0n) is 11.0. The van der Waals surface area contributed by atoms with Crippen molar-refractivity contribution in [2.75, 3.05) is 25.5 Å². The summed E-state index contributed by atoms with van der Waals surface area (Å²) >= 11 is 0. The molecule has 1 aromatic carbocycles. The third-order valence-electron chi connectivity index (χ3n) is 3.09. The van der Waals surface area contributed by atoms with Crippen LogP contribution < -0.4 is 10.6 Å². The van der Waals surface area contributed by atoms with Crippen LogP contribution in [-0.2, 0) is 6.42 Å². The van der Waals surface area contributed by atoms with Gasteiger partial charge in [0.2, 0.25) is 0 Å². The summed E-state index contributed by atoms with van der Waals surface area (Å²) in [4.78, 5) is 6.38. The minimum atomic E-state index is -0.280. The quantitative estimate of drug-likeness (QED) is 0.904. The first-order valence-electron chi connectivity index (χ1n) is 6.01. The Hall–Kier alpha value is -1.68. The van der Waals surface area contributed by atoms with E-state index in [0.717, 1.165) is 28.8 Å². The molecule has 4 heteroatoms. The van der Waals surface area contributed by atoms with Crippen LogP contribution in [-0.4, -0.2) is 25.6 Å². The minimum absolute atomic E-state index is 0.280. The van der Waals surface area contributed by atoms with Crippen LogP contribution in [0.15, 0.2) is 18.2 Å². The molecular weight excluding hydrogens is 229 g/mol. The van der Waals surface area contributed by atoms with Gasteiger partial charge in [-0.25, -0.2) is 9.37 Å². The van der Waals surface area contributed by atoms with E-state index in [2.05, 4.69) is 4.98 Å². The molecule has 2 N–H and O–H groups in total. The Morgan fingerprint density at radius 3 is 2.67 bits per heavy atom. The van der Waals surface area contributed by atoms with E-state index < -0.39 is 0 Å². The molecule has 2 rings (SSSR count). The van der Waals surface area contributed by atoms with Crippen molar-refractivity contribution in [2.24, 2.45) is 5.73 Å². The van der Waals surface area contributed by atoms with E-state index in [0.29, 0.717) is 12.1 Å². The summed E-state index contributed by atoms with van der Waals surface area (Å²) in [7, 11) is 3.91. The normalized spacial score (nSPS) is 10.9. The molecule has 0 fully saturated rings. The second-order valence-corrected chi connectivity index (χ2v) is 4.59. The topological polar surface area (TPSA) is 42.2 Å². The molecule has 0 atom stereocenters. The van der Waals surface area contributed by atoms with Crippen molar-refractivity contribution in [1.82, 2.24) is 4.98 Å². The molecule has 0 bridgehead atoms. The maximum Gasteiger partial charge on any atom is 0.149 e. The summed E-state index contributed by atoms with van der Waals surface area (Å²) in [5.41, 5.74) is 9.04. The van der Waals surface area contributed by atoms with E-state index in [-0.39, 0.29) is 5.82 Å². The average Bonchev–Trinajstić information content (AvgIpc) is 2.31. The number of halogens is 1. The predicted octanol–water partition coefficient (Wildman–Crippen LogP) is 2.25. The molecule has 2 aromatic rings. The Morgan fingerprint density at radius 1 is 1.33 bits per heavy atom. The van der Waals surface area contributed by atoms with Crippen LogP contribution in [0.4, 0.5) is 10.1 Å². The van der Waals surface area contributed by atoms with Gasteiger partial charge in [-0.2, -0.15) is 0 Å². The molecule has 0 aliphatic carbocycles. The SMILES string of the molecule is Cc1nc2c(F)cccc2c(N(C)C)c1CCN. The van der Waals surface area contributed by atoms with Gasteiger partial charge in [-0.1, -0.05) is 12.1 Å². The van der Waals surface area contributed by atoms with Crippen molar-refractivity contribution in [3.8, 4) is 0 Å². The van der Waals surface area contributed by atoms with Gasteiger partial charge in [-0.05, 0) is 31.5 Å². The lowest BCUT2D eigenvalue weighted by molar-refractivity contribution is 0.636. The Bertz CT molecular complexity index is 579. The summed E-state index contributed by atoms with van der Waals surface area (Å²) < 4.78 is 13.8. The lowest BCUT2D eigenvalue weighted by Crippen LogP contribution is -2.16. The van der Waals surface area contributed by atoms with Crippen molar-refractivity contribution in [3.05, 3.63) is 35.3 Å². The van der Waals surface area contributed by atoms with Gasteiger partial charge < -0.3 is 10.6 Å². The second-order valence-electron chi connectivity index (χ2n) is 4.59. The molecule has 0 spiro atoms. The van der Waals surface area contributed by atoms with Crippen molar-refractivity contribution in [2.45, 2.75) is 13.3 Å². The highest BCUT2D eigenvalue weighted by molar-refractivity contribution is 5.94. The van der Waals surface area contributed by atoms with E-state index in [9.17, 15) is 4.39 Å². The molecule has 0 amide bonds. The highest BCUT2D eigenvalue weighted by Gasteiger charge is 2.15. The number of hydrogen-bond acceptors (Lipinski definition) is 3. The summed E-state index contributed by atoms with van der Waals surface area (Å²) in [6.45, 7) is 2.47. The molecule has 18 heavy (non-hydrogen) atoms. The first kappa shape index (κ1) is 12.8. The smallest absolute Gasteiger partial charge is 0.149 e. The number of pyridine rings is 1. The zero-order chi connectivity index (χ0) is 13.3. The van der Waals surface area contributed by atoms with Gasteiger partial charge in [0.25, 0.3) is 0 Å². The van der Waals surface area contributed by atoms with Crippen LogP contribution in [0.5, 0.6) is 0 Å². The number of aryl methyl sites for hydroxylation is 1. The highest BCUT2D eigenvalue weighted by atomic mass is 19.1. The van der Waals surface area contributed by atoms with Crippen molar-refractivity contribution < 1.29 is 4.39 Å². The molecule has 0 saturated heterocycles. The van der Waals surface area contributed by atoms with E-state index in [1.807, 2.05) is 32.0 Å². The average molecular weight is 247 g/mol. The van der Waals surface area contributed by atoms with E-state index in [4.69, 9.17) is 5.73 Å². The highest BCUT2D eigenvalue weighted by Crippen LogP contribution is 2.31. The molecule has 3 nitrogen and oxygen atoms in total. The third-order valence-corrected chi connectivity index (χ3v) is 3.09. The molecule has 0 radical (unpaired) electrons. The summed E-state index contributed by atoms with van der Waals surface area (Å²) in [5, 5.41) is 0.842. The van der Waals surface area contributed by atoms with Gasteiger partial charge in [-0.15, -0.1) is 0 Å². The molecule has 1 heterocycles. The van der Waals surface area contributed by atoms with Crippen molar-refractivity contribution in [1.29, 1.82) is 0 Å². The largest absolute Gasteiger partial charge is 0.377 e. The number of nitrogens with two attached hydrogens (primary N) is 1. The summed E-state index contributed by atoms with van der Waals surface area (Å²) in [5.74, 6) is -0.280. The van der Waals surface area contributed by atoms with E-state index >= 15 is 0 Å². The molecule has 0 saturated carbocycles. The molecule has 0 aliphatic heterocycles. The summed E-state index contributed by atoms with van der Waals surface area (Å²) in [6.07, 6.45) is 0.749. The Labute approximate surface area is 106 Å². The van der Waals surface area contributed by atoms with Gasteiger partial charge in [-0.3, -0.25) is 0 Å². The molecule has 0 unspecified atom stereocenters. The molecule has 0 aliphatic rings. The monoisotopic (exact) mass is 247 g/mol.